The maximum Gasteiger partial charge on any atom is 0.490 e. The third-order valence-electron chi connectivity index (χ3n) is 14.9. The Labute approximate surface area is 586 Å². The molecule has 1 fully saturated rings. The summed E-state index contributed by atoms with van der Waals surface area (Å²) >= 11 is 0. The fraction of sp³-hybridized carbons (Fsp3) is 0.683. The van der Waals surface area contributed by atoms with Gasteiger partial charge in [-0.05, 0) is 79.7 Å². The Hall–Kier alpha value is -8.82. The Morgan fingerprint density at radius 2 is 1.06 bits per heavy atom. The van der Waals surface area contributed by atoms with Crippen LogP contribution < -0.4 is 75.7 Å². The number of nitrogens with two attached hydrogens (primary N) is 3. The lowest BCUT2D eigenvalue weighted by atomic mass is 9.86. The first-order chi connectivity index (χ1) is 46.7. The molecule has 1 aliphatic rings. The molecule has 39 heteroatoms. The van der Waals surface area contributed by atoms with Crippen LogP contribution in [-0.4, -0.2) is 213 Å². The number of carboxylic acid groups (broad SMARTS) is 2. The van der Waals surface area contributed by atoms with Crippen LogP contribution in [0.4, 0.5) is 26.3 Å². The summed E-state index contributed by atoms with van der Waals surface area (Å²) in [6.07, 6.45) is -14.0. The highest BCUT2D eigenvalue weighted by atomic mass is 19.4. The molecule has 0 aliphatic carbocycles. The summed E-state index contributed by atoms with van der Waals surface area (Å²) in [6, 6.07) is -10.7. The van der Waals surface area contributed by atoms with Crippen LogP contribution in [0.25, 0.3) is 0 Å². The van der Waals surface area contributed by atoms with Crippen LogP contribution in [0.3, 0.4) is 0 Å². The van der Waals surface area contributed by atoms with Crippen molar-refractivity contribution in [3.63, 3.8) is 0 Å². The summed E-state index contributed by atoms with van der Waals surface area (Å²) in [4.78, 5) is 188. The molecule has 0 unspecified atom stereocenters. The van der Waals surface area contributed by atoms with Crippen molar-refractivity contribution in [3.8, 4) is 0 Å². The molecule has 0 spiro atoms. The number of hydrogen-bond acceptors (Lipinski definition) is 19. The normalized spacial score (nSPS) is 23.1. The first-order valence-corrected chi connectivity index (χ1v) is 32.4. The molecular weight excluding hydrogens is 1370 g/mol. The first-order valence-electron chi connectivity index (χ1n) is 32.4. The number of carboxylic acids is 2. The largest absolute Gasteiger partial charge is 0.490 e. The SMILES string of the molecule is CC[C@H](C)[C@@H]1NC(=O)[C@@H](CCCN)NC(=O)[C@H](CC(C)C)NC(=O)[C@H]([C@H](O)C(C)C)NC(=O)[C@@H](NC(=O)[C@H](CC(C)(C)C)NC(=O)[C@H](N)CC(C)(C)C)[C@@H](c2ccccc2)NC(=O)[C@H](CO)NC(=O)[C@H](CC(N)=O)NC(=O)CNC(=O)[C@H]([C@H](C)O)NC1=O.O=C(O)C(F)(F)F.O=C(O)C(F)(F)F. The number of primary amides is 1. The molecule has 22 N–H and O–H groups in total. The number of amides is 12. The fourth-order valence-electron chi connectivity index (χ4n) is 9.45. The number of hydrogen-bond donors (Lipinski definition) is 19. The second kappa shape index (κ2) is 42.6. The summed E-state index contributed by atoms with van der Waals surface area (Å²) in [5, 5.41) is 75.0. The molecule has 1 aromatic rings. The number of halogens is 6. The molecule has 0 aromatic heterocycles. The van der Waals surface area contributed by atoms with E-state index in [9.17, 15) is 94.4 Å². The summed E-state index contributed by atoms with van der Waals surface area (Å²) in [5.74, 6) is -20.1. The molecular formula is C63H102F6N14O19. The number of rotatable bonds is 20. The highest BCUT2D eigenvalue weighted by Gasteiger charge is 2.44. The quantitative estimate of drug-likeness (QED) is 0.0622. The van der Waals surface area contributed by atoms with Gasteiger partial charge in [0, 0.05) is 0 Å². The summed E-state index contributed by atoms with van der Waals surface area (Å²) < 4.78 is 63.5. The highest BCUT2D eigenvalue weighted by Crippen LogP contribution is 2.25. The number of nitrogens with one attached hydrogen (secondary N) is 11. The number of aliphatic hydroxyl groups excluding tert-OH is 3. The average Bonchev–Trinajstić information content (AvgIpc) is 0.810. The first kappa shape index (κ1) is 93.2. The molecule has 0 saturated carbocycles. The Kier molecular flexibility index (Phi) is 38.9. The summed E-state index contributed by atoms with van der Waals surface area (Å²) in [6.45, 7) is 19.8. The van der Waals surface area contributed by atoms with E-state index in [1.54, 1.807) is 54.5 Å². The van der Waals surface area contributed by atoms with Crippen molar-refractivity contribution in [2.24, 2.45) is 45.8 Å². The zero-order valence-electron chi connectivity index (χ0n) is 59.1. The van der Waals surface area contributed by atoms with Gasteiger partial charge in [0.05, 0.1) is 43.9 Å². The van der Waals surface area contributed by atoms with Crippen molar-refractivity contribution < 1.29 is 119 Å². The van der Waals surface area contributed by atoms with Gasteiger partial charge in [-0.3, -0.25) is 57.5 Å². The number of aliphatic hydroxyl groups is 3. The third kappa shape index (κ3) is 34.7. The average molecular weight is 1470 g/mol. The van der Waals surface area contributed by atoms with E-state index in [-0.39, 0.29) is 56.6 Å². The lowest BCUT2D eigenvalue weighted by Crippen LogP contribution is -2.65. The molecule has 1 aliphatic heterocycles. The lowest BCUT2D eigenvalue weighted by Gasteiger charge is -2.35. The van der Waals surface area contributed by atoms with E-state index >= 15 is 4.79 Å². The minimum absolute atomic E-state index is 0.0491. The van der Waals surface area contributed by atoms with E-state index in [0.717, 1.165) is 6.92 Å². The van der Waals surface area contributed by atoms with E-state index in [4.69, 9.17) is 37.0 Å². The van der Waals surface area contributed by atoms with Crippen molar-refractivity contribution in [2.75, 3.05) is 19.7 Å². The molecule has 102 heavy (non-hydrogen) atoms. The monoisotopic (exact) mass is 1470 g/mol. The van der Waals surface area contributed by atoms with Gasteiger partial charge in [-0.15, -0.1) is 0 Å². The van der Waals surface area contributed by atoms with Gasteiger partial charge in [0.1, 0.15) is 54.4 Å². The maximum absolute atomic E-state index is 15.4. The molecule has 14 atom stereocenters. The van der Waals surface area contributed by atoms with Gasteiger partial charge in [0.25, 0.3) is 0 Å². The molecule has 580 valence electrons. The minimum Gasteiger partial charge on any atom is -0.475 e. The van der Waals surface area contributed by atoms with Gasteiger partial charge in [0.15, 0.2) is 0 Å². The molecule has 0 bridgehead atoms. The van der Waals surface area contributed by atoms with Crippen LogP contribution in [0.5, 0.6) is 0 Å². The van der Waals surface area contributed by atoms with Gasteiger partial charge in [-0.25, -0.2) is 9.59 Å². The Morgan fingerprint density at radius 1 is 0.598 bits per heavy atom. The molecule has 1 heterocycles. The van der Waals surface area contributed by atoms with Crippen molar-refractivity contribution >= 4 is 82.8 Å². The van der Waals surface area contributed by atoms with E-state index in [0.29, 0.717) is 0 Å². The van der Waals surface area contributed by atoms with Gasteiger partial charge >= 0.3 is 24.3 Å². The zero-order valence-corrected chi connectivity index (χ0v) is 59.1. The lowest BCUT2D eigenvalue weighted by molar-refractivity contribution is -0.193. The zero-order chi connectivity index (χ0) is 79.3. The van der Waals surface area contributed by atoms with Crippen LogP contribution in [-0.2, 0) is 67.1 Å². The molecule has 33 nitrogen and oxygen atoms in total. The number of carbonyl (C=O) groups excluding carboxylic acids is 12. The van der Waals surface area contributed by atoms with E-state index in [1.807, 2.05) is 20.8 Å². The predicted molar refractivity (Wildman–Crippen MR) is 352 cm³/mol. The van der Waals surface area contributed by atoms with Crippen LogP contribution in [0.15, 0.2) is 30.3 Å². The number of aliphatic carboxylic acids is 2. The number of benzene rings is 1. The standard InChI is InChI=1S/C59H100N14O15.2C2HF3O2/c1-14-31(6)42-55(86)70-43(32(7)75)54(85)63-27-41(77)64-37(24-40(62)76)51(82)68-39(28-74)53(84)71-44(33-19-16-15-17-20-33)45(72-52(83)38(26-59(11,12)13)67-48(79)34(61)25-58(8,9)10)56(87)73-46(47(78)30(4)5)57(88)66-36(23-29(2)3)50(81)65-35(21-18-22-60)49(80)69-42;2*3-2(4,5)1(6)7/h15-17,19-20,29-32,34-39,42-47,74-75,78H,14,18,21-28,60-61H2,1-13H3,(H2,62,76)(H,63,85)(H,64,77)(H,65,81)(H,66,88)(H,67,79)(H,68,82)(H,69,80)(H,70,86)(H,71,84)(H,72,83)(H,73,87);2*(H,6,7)/t31-,32-,34+,35+,36-,37-,38-,39-,42-,43-,44+,45-,46-,47+;;/m0../s1. The molecule has 0 radical (unpaired) electrons. The van der Waals surface area contributed by atoms with Gasteiger partial charge in [-0.1, -0.05) is 120 Å². The maximum atomic E-state index is 15.4. The summed E-state index contributed by atoms with van der Waals surface area (Å²) in [7, 11) is 0. The number of carbonyl (C=O) groups is 14. The molecule has 12 amide bonds. The molecule has 1 aromatic carbocycles. The Morgan fingerprint density at radius 3 is 1.51 bits per heavy atom. The van der Waals surface area contributed by atoms with Crippen molar-refractivity contribution in [3.05, 3.63) is 35.9 Å². The predicted octanol–water partition coefficient (Wildman–Crippen LogP) is -2.10. The van der Waals surface area contributed by atoms with Gasteiger partial charge in [-0.2, -0.15) is 26.3 Å². The van der Waals surface area contributed by atoms with E-state index in [2.05, 4.69) is 58.5 Å². The smallest absolute Gasteiger partial charge is 0.475 e. The molecule has 2 rings (SSSR count). The van der Waals surface area contributed by atoms with Crippen LogP contribution >= 0.6 is 0 Å². The minimum atomic E-state index is -5.08. The van der Waals surface area contributed by atoms with Crippen LogP contribution in [0, 0.1) is 28.6 Å². The number of alkyl halides is 6. The summed E-state index contributed by atoms with van der Waals surface area (Å²) in [5.41, 5.74) is 16.6. The third-order valence-corrected chi connectivity index (χ3v) is 14.9. The second-order valence-corrected chi connectivity index (χ2v) is 27.4. The molecule has 1 saturated heterocycles. The van der Waals surface area contributed by atoms with E-state index in [1.165, 1.54) is 38.1 Å². The van der Waals surface area contributed by atoms with Crippen LogP contribution in [0.1, 0.15) is 147 Å². The Bertz CT molecular complexity index is 2980. The Balaban J connectivity index is 0.00000655. The van der Waals surface area contributed by atoms with Gasteiger partial charge < -0.3 is 101 Å². The van der Waals surface area contributed by atoms with Crippen molar-refractivity contribution in [1.82, 2.24) is 58.5 Å². The highest BCUT2D eigenvalue weighted by molar-refractivity contribution is 6.00. The second-order valence-electron chi connectivity index (χ2n) is 27.4. The van der Waals surface area contributed by atoms with Crippen molar-refractivity contribution in [1.29, 1.82) is 0 Å². The van der Waals surface area contributed by atoms with Gasteiger partial charge in [0.2, 0.25) is 70.9 Å². The topological polar surface area (TPSA) is 551 Å². The van der Waals surface area contributed by atoms with Crippen molar-refractivity contribution in [2.45, 2.75) is 226 Å². The van der Waals surface area contributed by atoms with Crippen LogP contribution in [0.2, 0.25) is 0 Å². The van der Waals surface area contributed by atoms with E-state index < -0.39 is 216 Å². The fourth-order valence-corrected chi connectivity index (χ4v) is 9.45.